The third-order valence-electron chi connectivity index (χ3n) is 9.12. The number of nitrogens with zero attached hydrogens (tertiary/aromatic N) is 3. The van der Waals surface area contributed by atoms with Crippen LogP contribution in [0.5, 0.6) is 0 Å². The quantitative estimate of drug-likeness (QED) is 0.197. The van der Waals surface area contributed by atoms with Crippen molar-refractivity contribution in [2.24, 2.45) is 0 Å². The van der Waals surface area contributed by atoms with Crippen molar-refractivity contribution in [2.75, 3.05) is 0 Å². The molecule has 10 rings (SSSR count). The molecule has 0 aliphatic heterocycles. The second kappa shape index (κ2) is 10.5. The molecule has 0 fully saturated rings. The Morgan fingerprint density at radius 2 is 0.979 bits per heavy atom. The summed E-state index contributed by atoms with van der Waals surface area (Å²) in [7, 11) is 0. The molecule has 0 unspecified atom stereocenters. The van der Waals surface area contributed by atoms with E-state index in [1.165, 1.54) is 0 Å². The lowest BCUT2D eigenvalue weighted by molar-refractivity contribution is 0.669. The van der Waals surface area contributed by atoms with Gasteiger partial charge in [-0.15, -0.1) is 0 Å². The zero-order chi connectivity index (χ0) is 31.6. The van der Waals surface area contributed by atoms with Gasteiger partial charge in [0, 0.05) is 38.2 Å². The van der Waals surface area contributed by atoms with Crippen molar-refractivity contribution in [2.45, 2.75) is 0 Å². The molecule has 3 heterocycles. The van der Waals surface area contributed by atoms with Crippen LogP contribution in [0.1, 0.15) is 0 Å². The molecule has 5 nitrogen and oxygen atoms in total. The fraction of sp³-hybridized carbons (Fsp3) is 0. The Bertz CT molecular complexity index is 2840. The van der Waals surface area contributed by atoms with E-state index in [4.69, 9.17) is 23.8 Å². The van der Waals surface area contributed by atoms with Crippen LogP contribution in [0.3, 0.4) is 0 Å². The van der Waals surface area contributed by atoms with Gasteiger partial charge in [0.15, 0.2) is 17.5 Å². The van der Waals surface area contributed by atoms with E-state index in [2.05, 4.69) is 84.9 Å². The van der Waals surface area contributed by atoms with Gasteiger partial charge in [0.2, 0.25) is 0 Å². The summed E-state index contributed by atoms with van der Waals surface area (Å²) in [6.45, 7) is 0. The maximum Gasteiger partial charge on any atom is 0.165 e. The van der Waals surface area contributed by atoms with E-state index in [0.717, 1.165) is 82.5 Å². The van der Waals surface area contributed by atoms with Gasteiger partial charge >= 0.3 is 0 Å². The van der Waals surface area contributed by atoms with Crippen LogP contribution in [0.2, 0.25) is 0 Å². The normalized spacial score (nSPS) is 11.8. The highest BCUT2D eigenvalue weighted by Crippen LogP contribution is 2.44. The maximum absolute atomic E-state index is 6.56. The predicted octanol–water partition coefficient (Wildman–Crippen LogP) is 11.5. The SMILES string of the molecule is c1ccc(-c2nc(-c3cccc4oc5ccccc5c34)nc(-c3c(-c4ccccc4)ccc4oc5cc6ccccc6cc5c34)n2)cc1. The summed E-state index contributed by atoms with van der Waals surface area (Å²) in [5.41, 5.74) is 7.99. The van der Waals surface area contributed by atoms with Crippen molar-refractivity contribution in [3.05, 3.63) is 152 Å². The first kappa shape index (κ1) is 26.6. The summed E-state index contributed by atoms with van der Waals surface area (Å²) in [6.07, 6.45) is 0. The van der Waals surface area contributed by atoms with Gasteiger partial charge in [-0.05, 0) is 58.3 Å². The fourth-order valence-electron chi connectivity index (χ4n) is 6.93. The van der Waals surface area contributed by atoms with Gasteiger partial charge in [-0.25, -0.2) is 15.0 Å². The highest BCUT2D eigenvalue weighted by molar-refractivity contribution is 6.18. The van der Waals surface area contributed by atoms with Gasteiger partial charge in [0.25, 0.3) is 0 Å². The minimum Gasteiger partial charge on any atom is -0.456 e. The van der Waals surface area contributed by atoms with Crippen molar-refractivity contribution >= 4 is 54.6 Å². The van der Waals surface area contributed by atoms with Crippen LogP contribution in [0.25, 0.3) is 99.9 Å². The van der Waals surface area contributed by atoms with Gasteiger partial charge in [0.05, 0.1) is 0 Å². The molecule has 0 bridgehead atoms. The molecule has 7 aromatic carbocycles. The number of rotatable bonds is 4. The molecule has 0 saturated heterocycles. The summed E-state index contributed by atoms with van der Waals surface area (Å²) in [5, 5.41) is 6.26. The largest absolute Gasteiger partial charge is 0.456 e. The second-order valence-electron chi connectivity index (χ2n) is 12.0. The van der Waals surface area contributed by atoms with Crippen molar-refractivity contribution < 1.29 is 8.83 Å². The Balaban J connectivity index is 1.34. The average molecular weight is 616 g/mol. The lowest BCUT2D eigenvalue weighted by Gasteiger charge is -2.14. The fourth-order valence-corrected chi connectivity index (χ4v) is 6.93. The molecular weight excluding hydrogens is 590 g/mol. The van der Waals surface area contributed by atoms with Crippen LogP contribution in [0, 0.1) is 0 Å². The van der Waals surface area contributed by atoms with Crippen molar-refractivity contribution in [1.82, 2.24) is 15.0 Å². The van der Waals surface area contributed by atoms with E-state index in [0.29, 0.717) is 17.5 Å². The molecule has 0 saturated carbocycles. The number of furan rings is 2. The summed E-state index contributed by atoms with van der Waals surface area (Å²) < 4.78 is 12.8. The van der Waals surface area contributed by atoms with Crippen LogP contribution < -0.4 is 0 Å². The molecule has 5 heteroatoms. The summed E-state index contributed by atoms with van der Waals surface area (Å²) >= 11 is 0. The number of benzene rings is 7. The number of hydrogen-bond acceptors (Lipinski definition) is 5. The van der Waals surface area contributed by atoms with Crippen LogP contribution >= 0.6 is 0 Å². The maximum atomic E-state index is 6.56. The minimum absolute atomic E-state index is 0.573. The zero-order valence-electron chi connectivity index (χ0n) is 25.6. The zero-order valence-corrected chi connectivity index (χ0v) is 25.6. The average Bonchev–Trinajstić information content (AvgIpc) is 3.72. The molecule has 0 spiro atoms. The first-order valence-electron chi connectivity index (χ1n) is 15.9. The second-order valence-corrected chi connectivity index (χ2v) is 12.0. The van der Waals surface area contributed by atoms with Gasteiger partial charge < -0.3 is 8.83 Å². The van der Waals surface area contributed by atoms with Crippen LogP contribution in [0.15, 0.2) is 160 Å². The summed E-state index contributed by atoms with van der Waals surface area (Å²) in [5.74, 6) is 1.74. The van der Waals surface area contributed by atoms with Crippen molar-refractivity contribution in [3.63, 3.8) is 0 Å². The number of fused-ring (bicyclic) bond motifs is 7. The number of para-hydroxylation sites is 1. The number of aromatic nitrogens is 3. The molecule has 48 heavy (non-hydrogen) atoms. The van der Waals surface area contributed by atoms with E-state index in [1.807, 2.05) is 66.7 Å². The smallest absolute Gasteiger partial charge is 0.165 e. The Kier molecular flexibility index (Phi) is 5.81. The van der Waals surface area contributed by atoms with Crippen molar-refractivity contribution in [1.29, 1.82) is 0 Å². The highest BCUT2D eigenvalue weighted by atomic mass is 16.3. The Morgan fingerprint density at radius 1 is 0.354 bits per heavy atom. The summed E-state index contributed by atoms with van der Waals surface area (Å²) in [6, 6.07) is 51.5. The molecule has 3 aromatic heterocycles. The Labute approximate surface area is 274 Å². The highest BCUT2D eigenvalue weighted by Gasteiger charge is 2.23. The van der Waals surface area contributed by atoms with Crippen molar-refractivity contribution in [3.8, 4) is 45.3 Å². The molecule has 0 amide bonds. The number of hydrogen-bond donors (Lipinski definition) is 0. The predicted molar refractivity (Wildman–Crippen MR) is 194 cm³/mol. The standard InChI is InChI=1S/C43H25N3O2/c1-3-12-26(13-4-1)30-22-23-36-39(33-24-28-16-7-8-17-29(28)25-37(33)48-36)40(30)43-45-41(27-14-5-2-6-15-27)44-42(46-43)32-19-11-21-35-38(32)31-18-9-10-20-34(31)47-35/h1-25H. The molecule has 0 aliphatic rings. The lowest BCUT2D eigenvalue weighted by Crippen LogP contribution is -2.01. The molecule has 10 aromatic rings. The monoisotopic (exact) mass is 615 g/mol. The summed E-state index contributed by atoms with van der Waals surface area (Å²) in [4.78, 5) is 15.7. The molecule has 0 aliphatic carbocycles. The molecular formula is C43H25N3O2. The minimum atomic E-state index is 0.573. The van der Waals surface area contributed by atoms with Gasteiger partial charge in [0.1, 0.15) is 22.3 Å². The van der Waals surface area contributed by atoms with E-state index in [-0.39, 0.29) is 0 Å². The van der Waals surface area contributed by atoms with E-state index < -0.39 is 0 Å². The molecule has 0 N–H and O–H groups in total. The third kappa shape index (κ3) is 4.15. The Morgan fingerprint density at radius 3 is 1.81 bits per heavy atom. The van der Waals surface area contributed by atoms with Crippen LogP contribution in [-0.2, 0) is 0 Å². The van der Waals surface area contributed by atoms with Gasteiger partial charge in [-0.3, -0.25) is 0 Å². The van der Waals surface area contributed by atoms with E-state index in [1.54, 1.807) is 0 Å². The lowest BCUT2D eigenvalue weighted by atomic mass is 9.94. The van der Waals surface area contributed by atoms with E-state index >= 15 is 0 Å². The topological polar surface area (TPSA) is 65.0 Å². The van der Waals surface area contributed by atoms with Gasteiger partial charge in [-0.1, -0.05) is 115 Å². The molecule has 0 radical (unpaired) electrons. The third-order valence-corrected chi connectivity index (χ3v) is 9.12. The molecule has 0 atom stereocenters. The first-order valence-corrected chi connectivity index (χ1v) is 15.9. The Hall–Kier alpha value is -6.59. The van der Waals surface area contributed by atoms with E-state index in [9.17, 15) is 0 Å². The van der Waals surface area contributed by atoms with Crippen LogP contribution in [0.4, 0.5) is 0 Å². The van der Waals surface area contributed by atoms with Crippen LogP contribution in [-0.4, -0.2) is 15.0 Å². The first-order chi connectivity index (χ1) is 23.8. The van der Waals surface area contributed by atoms with Gasteiger partial charge in [-0.2, -0.15) is 0 Å². The molecule has 224 valence electrons.